The Kier molecular flexibility index (Phi) is 5.99. The molecule has 1 saturated heterocycles. The van der Waals surface area contributed by atoms with Gasteiger partial charge in [-0.3, -0.25) is 9.78 Å². The second-order valence-electron chi connectivity index (χ2n) is 6.36. The van der Waals surface area contributed by atoms with E-state index in [2.05, 4.69) is 21.3 Å². The van der Waals surface area contributed by atoms with Crippen molar-refractivity contribution in [3.8, 4) is 0 Å². The summed E-state index contributed by atoms with van der Waals surface area (Å²) in [6.45, 7) is 4.64. The molecular weight excluding hydrogens is 318 g/mol. The summed E-state index contributed by atoms with van der Waals surface area (Å²) in [6.07, 6.45) is 4.98. The first-order chi connectivity index (χ1) is 11.8. The molecule has 128 valence electrons. The van der Waals surface area contributed by atoms with Crippen LogP contribution in [0.2, 0.25) is 0 Å². The summed E-state index contributed by atoms with van der Waals surface area (Å²) in [5.41, 5.74) is 0.960. The number of nitrogens with zero attached hydrogens (tertiary/aromatic N) is 2. The van der Waals surface area contributed by atoms with E-state index in [-0.39, 0.29) is 17.9 Å². The van der Waals surface area contributed by atoms with Gasteiger partial charge >= 0.3 is 0 Å². The minimum Gasteiger partial charge on any atom is -0.333 e. The van der Waals surface area contributed by atoms with E-state index in [1.807, 2.05) is 36.6 Å². The van der Waals surface area contributed by atoms with Gasteiger partial charge < -0.3 is 10.2 Å². The number of amides is 1. The van der Waals surface area contributed by atoms with E-state index in [4.69, 9.17) is 0 Å². The Balaban J connectivity index is 1.81. The third kappa shape index (κ3) is 4.22. The molecule has 3 heterocycles. The Morgan fingerprint density at radius 2 is 2.25 bits per heavy atom. The zero-order chi connectivity index (χ0) is 16.8. The maximum atomic E-state index is 13.2. The zero-order valence-corrected chi connectivity index (χ0v) is 15.0. The second-order valence-corrected chi connectivity index (χ2v) is 7.34. The first kappa shape index (κ1) is 17.1. The van der Waals surface area contributed by atoms with E-state index in [0.29, 0.717) is 6.54 Å². The molecule has 2 atom stereocenters. The van der Waals surface area contributed by atoms with Crippen LogP contribution < -0.4 is 5.32 Å². The number of aromatic nitrogens is 1. The van der Waals surface area contributed by atoms with Crippen LogP contribution in [0.1, 0.15) is 42.7 Å². The molecule has 0 unspecified atom stereocenters. The van der Waals surface area contributed by atoms with Crippen LogP contribution >= 0.6 is 11.3 Å². The Morgan fingerprint density at radius 3 is 3.00 bits per heavy atom. The Labute approximate surface area is 147 Å². The van der Waals surface area contributed by atoms with Gasteiger partial charge in [-0.2, -0.15) is 0 Å². The van der Waals surface area contributed by atoms with Crippen molar-refractivity contribution in [1.82, 2.24) is 15.2 Å². The van der Waals surface area contributed by atoms with Crippen molar-refractivity contribution in [3.05, 3.63) is 52.5 Å². The molecule has 1 aliphatic rings. The highest BCUT2D eigenvalue weighted by Gasteiger charge is 2.29. The van der Waals surface area contributed by atoms with Crippen LogP contribution in [0.5, 0.6) is 0 Å². The van der Waals surface area contributed by atoms with Crippen LogP contribution in [0.3, 0.4) is 0 Å². The molecule has 5 heteroatoms. The third-order valence-corrected chi connectivity index (χ3v) is 5.72. The van der Waals surface area contributed by atoms with Gasteiger partial charge in [0.25, 0.3) is 0 Å². The van der Waals surface area contributed by atoms with E-state index in [9.17, 15) is 4.79 Å². The number of carbonyl (C=O) groups excluding carboxylic acids is 1. The van der Waals surface area contributed by atoms with Gasteiger partial charge in [-0.05, 0) is 62.9 Å². The van der Waals surface area contributed by atoms with Crippen molar-refractivity contribution >= 4 is 17.2 Å². The summed E-state index contributed by atoms with van der Waals surface area (Å²) < 4.78 is 0. The summed E-state index contributed by atoms with van der Waals surface area (Å²) in [7, 11) is 0. The lowest BCUT2D eigenvalue weighted by atomic mass is 10.0. The molecule has 0 radical (unpaired) electrons. The van der Waals surface area contributed by atoms with Crippen LogP contribution in [0.4, 0.5) is 0 Å². The molecule has 1 fully saturated rings. The van der Waals surface area contributed by atoms with Crippen molar-refractivity contribution in [2.75, 3.05) is 13.1 Å². The molecule has 1 aliphatic heterocycles. The van der Waals surface area contributed by atoms with E-state index in [0.717, 1.165) is 42.9 Å². The summed E-state index contributed by atoms with van der Waals surface area (Å²) in [5, 5.41) is 5.48. The van der Waals surface area contributed by atoms with Gasteiger partial charge in [0.15, 0.2) is 0 Å². The molecule has 2 aromatic rings. The van der Waals surface area contributed by atoms with Crippen molar-refractivity contribution in [2.45, 2.75) is 44.7 Å². The smallest absolute Gasteiger partial charge is 0.231 e. The molecular formula is C19H25N3OS. The number of nitrogens with one attached hydrogen (secondary N) is 1. The summed E-state index contributed by atoms with van der Waals surface area (Å²) in [6, 6.07) is 10.3. The molecule has 0 bridgehead atoms. The Hall–Kier alpha value is -1.72. The molecule has 1 N–H and O–H groups in total. The van der Waals surface area contributed by atoms with Crippen molar-refractivity contribution in [2.24, 2.45) is 0 Å². The summed E-state index contributed by atoms with van der Waals surface area (Å²) >= 11 is 1.66. The van der Waals surface area contributed by atoms with Crippen LogP contribution in [0, 0.1) is 0 Å². The predicted octanol–water partition coefficient (Wildman–Crippen LogP) is 3.42. The first-order valence-electron chi connectivity index (χ1n) is 8.70. The molecule has 0 aliphatic carbocycles. The van der Waals surface area contributed by atoms with Gasteiger partial charge in [0.05, 0.1) is 18.2 Å². The van der Waals surface area contributed by atoms with Gasteiger partial charge in [0.2, 0.25) is 5.91 Å². The topological polar surface area (TPSA) is 45.2 Å². The second kappa shape index (κ2) is 8.40. The standard InChI is InChI=1S/C19H25N3OS/c1-15(18-8-5-13-24-18)19(23)22(14-16-6-2-3-11-21-16)17-7-4-10-20-12-9-17/h2-3,5-6,8,11,13,15,17,20H,4,7,9-10,12,14H2,1H3/t15-,17+/m1/s1. The fourth-order valence-electron chi connectivity index (χ4n) is 3.27. The molecule has 0 saturated carbocycles. The minimum absolute atomic E-state index is 0.0927. The monoisotopic (exact) mass is 343 g/mol. The molecule has 2 aromatic heterocycles. The van der Waals surface area contributed by atoms with Crippen molar-refractivity contribution in [3.63, 3.8) is 0 Å². The summed E-state index contributed by atoms with van der Waals surface area (Å²) in [4.78, 5) is 20.9. The lowest BCUT2D eigenvalue weighted by Gasteiger charge is -2.33. The third-order valence-electron chi connectivity index (χ3n) is 4.67. The average Bonchev–Trinajstić information content (AvgIpc) is 3.02. The largest absolute Gasteiger partial charge is 0.333 e. The maximum Gasteiger partial charge on any atom is 0.231 e. The number of carbonyl (C=O) groups is 1. The molecule has 0 aromatic carbocycles. The van der Waals surface area contributed by atoms with Crippen molar-refractivity contribution < 1.29 is 4.79 Å². The highest BCUT2D eigenvalue weighted by atomic mass is 32.1. The number of hydrogen-bond acceptors (Lipinski definition) is 4. The number of rotatable bonds is 5. The molecule has 24 heavy (non-hydrogen) atoms. The average molecular weight is 343 g/mol. The highest BCUT2D eigenvalue weighted by Crippen LogP contribution is 2.26. The van der Waals surface area contributed by atoms with E-state index in [1.165, 1.54) is 0 Å². The van der Waals surface area contributed by atoms with E-state index < -0.39 is 0 Å². The fraction of sp³-hybridized carbons (Fsp3) is 0.474. The normalized spacial score (nSPS) is 19.5. The fourth-order valence-corrected chi connectivity index (χ4v) is 4.05. The lowest BCUT2D eigenvalue weighted by molar-refractivity contribution is -0.135. The van der Waals surface area contributed by atoms with Gasteiger partial charge in [-0.1, -0.05) is 12.1 Å². The SMILES string of the molecule is C[C@@H](C(=O)N(Cc1ccccn1)[C@H]1CCCNCC1)c1cccs1. The van der Waals surface area contributed by atoms with Crippen LogP contribution in [-0.2, 0) is 11.3 Å². The zero-order valence-electron chi connectivity index (χ0n) is 14.1. The minimum atomic E-state index is -0.0927. The predicted molar refractivity (Wildman–Crippen MR) is 98.0 cm³/mol. The molecule has 4 nitrogen and oxygen atoms in total. The number of pyridine rings is 1. The first-order valence-corrected chi connectivity index (χ1v) is 9.58. The molecule has 3 rings (SSSR count). The lowest BCUT2D eigenvalue weighted by Crippen LogP contribution is -2.42. The van der Waals surface area contributed by atoms with Crippen LogP contribution in [-0.4, -0.2) is 34.9 Å². The van der Waals surface area contributed by atoms with Crippen molar-refractivity contribution in [1.29, 1.82) is 0 Å². The highest BCUT2D eigenvalue weighted by molar-refractivity contribution is 7.10. The van der Waals surface area contributed by atoms with Crippen LogP contribution in [0.25, 0.3) is 0 Å². The Bertz CT molecular complexity index is 621. The maximum absolute atomic E-state index is 13.2. The number of hydrogen-bond donors (Lipinski definition) is 1. The van der Waals surface area contributed by atoms with E-state index >= 15 is 0 Å². The van der Waals surface area contributed by atoms with Gasteiger partial charge in [0, 0.05) is 17.1 Å². The van der Waals surface area contributed by atoms with Gasteiger partial charge in [0.1, 0.15) is 0 Å². The van der Waals surface area contributed by atoms with Gasteiger partial charge in [-0.25, -0.2) is 0 Å². The van der Waals surface area contributed by atoms with Crippen LogP contribution in [0.15, 0.2) is 41.9 Å². The molecule has 0 spiro atoms. The quantitative estimate of drug-likeness (QED) is 0.905. The van der Waals surface area contributed by atoms with Gasteiger partial charge in [-0.15, -0.1) is 11.3 Å². The Morgan fingerprint density at radius 1 is 1.33 bits per heavy atom. The molecule has 1 amide bonds. The summed E-state index contributed by atoms with van der Waals surface area (Å²) in [5.74, 6) is 0.125. The number of thiophene rings is 1. The van der Waals surface area contributed by atoms with E-state index in [1.54, 1.807) is 17.5 Å².